The molecule has 2 N–H and O–H groups in total. The predicted octanol–water partition coefficient (Wildman–Crippen LogP) is 2.56. The quantitative estimate of drug-likeness (QED) is 0.740. The molecule has 1 unspecified atom stereocenters. The van der Waals surface area contributed by atoms with Gasteiger partial charge in [0.25, 0.3) is 5.91 Å². The first-order valence-electron chi connectivity index (χ1n) is 7.00. The monoisotopic (exact) mass is 329 g/mol. The Morgan fingerprint density at radius 3 is 2.50 bits per heavy atom. The lowest BCUT2D eigenvalue weighted by atomic mass is 10.2. The molecule has 0 fully saturated rings. The van der Waals surface area contributed by atoms with Crippen LogP contribution in [0.15, 0.2) is 12.1 Å². The molecule has 1 aromatic rings. The van der Waals surface area contributed by atoms with Crippen LogP contribution in [0.4, 0.5) is 0 Å². The number of carbonyl (C=O) groups excluding carboxylic acids is 2. The van der Waals surface area contributed by atoms with Gasteiger partial charge in [-0.25, -0.2) is 4.79 Å². The van der Waals surface area contributed by atoms with E-state index in [1.165, 1.54) is 19.1 Å². The van der Waals surface area contributed by atoms with Gasteiger partial charge in [0, 0.05) is 0 Å². The lowest BCUT2D eigenvalue weighted by Gasteiger charge is -2.15. The van der Waals surface area contributed by atoms with Crippen LogP contribution in [0.5, 0.6) is 11.5 Å². The molecular formula is C15H20ClNO5. The van der Waals surface area contributed by atoms with E-state index in [9.17, 15) is 9.59 Å². The third-order valence-corrected chi connectivity index (χ3v) is 2.96. The second kappa shape index (κ2) is 8.48. The maximum Gasteiger partial charge on any atom is 0.339 e. The fourth-order valence-corrected chi connectivity index (χ4v) is 1.84. The van der Waals surface area contributed by atoms with Crippen molar-refractivity contribution in [2.24, 2.45) is 5.73 Å². The summed E-state index contributed by atoms with van der Waals surface area (Å²) in [5, 5.41) is 0.234. The molecule has 0 bridgehead atoms. The van der Waals surface area contributed by atoms with Crippen molar-refractivity contribution in [2.75, 3.05) is 13.2 Å². The van der Waals surface area contributed by atoms with E-state index >= 15 is 0 Å². The summed E-state index contributed by atoms with van der Waals surface area (Å²) in [6, 6.07) is 2.88. The van der Waals surface area contributed by atoms with Crippen LogP contribution in [0, 0.1) is 0 Å². The number of benzene rings is 1. The second-order valence-corrected chi connectivity index (χ2v) is 4.92. The Bertz CT molecular complexity index is 547. The van der Waals surface area contributed by atoms with Crippen molar-refractivity contribution in [1.29, 1.82) is 0 Å². The molecule has 0 saturated carbocycles. The van der Waals surface area contributed by atoms with Crippen molar-refractivity contribution in [3.8, 4) is 11.5 Å². The van der Waals surface area contributed by atoms with E-state index in [-0.39, 0.29) is 10.6 Å². The van der Waals surface area contributed by atoms with Gasteiger partial charge in [0.2, 0.25) is 0 Å². The van der Waals surface area contributed by atoms with Crippen LogP contribution in [-0.2, 0) is 9.53 Å². The highest BCUT2D eigenvalue weighted by Gasteiger charge is 2.20. The molecule has 0 saturated heterocycles. The van der Waals surface area contributed by atoms with Crippen LogP contribution < -0.4 is 15.2 Å². The fraction of sp³-hybridized carbons (Fsp3) is 0.467. The summed E-state index contributed by atoms with van der Waals surface area (Å²) in [4.78, 5) is 23.0. The molecule has 7 heteroatoms. The minimum atomic E-state index is -1.03. The standard InChI is InChI=1S/C15H20ClNO5/c1-4-6-21-13-11(16)7-10(8-12(13)20-5-2)15(19)22-9(3)14(17)18/h7-9H,4-6H2,1-3H3,(H2,17,18). The lowest BCUT2D eigenvalue weighted by Crippen LogP contribution is -2.30. The molecule has 1 amide bonds. The Morgan fingerprint density at radius 2 is 1.95 bits per heavy atom. The first-order valence-corrected chi connectivity index (χ1v) is 7.37. The Morgan fingerprint density at radius 1 is 1.27 bits per heavy atom. The zero-order valence-electron chi connectivity index (χ0n) is 12.8. The van der Waals surface area contributed by atoms with Crippen molar-refractivity contribution >= 4 is 23.5 Å². The van der Waals surface area contributed by atoms with Crippen molar-refractivity contribution < 1.29 is 23.8 Å². The van der Waals surface area contributed by atoms with E-state index in [1.54, 1.807) is 6.92 Å². The van der Waals surface area contributed by atoms with Gasteiger partial charge >= 0.3 is 5.97 Å². The first kappa shape index (κ1) is 18.1. The largest absolute Gasteiger partial charge is 0.490 e. The van der Waals surface area contributed by atoms with Gasteiger partial charge in [0.15, 0.2) is 17.6 Å². The zero-order chi connectivity index (χ0) is 16.7. The van der Waals surface area contributed by atoms with Gasteiger partial charge < -0.3 is 19.9 Å². The van der Waals surface area contributed by atoms with Crippen molar-refractivity contribution in [2.45, 2.75) is 33.3 Å². The van der Waals surface area contributed by atoms with Crippen LogP contribution in [0.25, 0.3) is 0 Å². The molecule has 0 aliphatic carbocycles. The Hall–Kier alpha value is -1.95. The van der Waals surface area contributed by atoms with Crippen LogP contribution in [0.3, 0.4) is 0 Å². The van der Waals surface area contributed by atoms with E-state index in [0.29, 0.717) is 24.7 Å². The number of carbonyl (C=O) groups is 2. The molecule has 1 rings (SSSR count). The Labute approximate surface area is 134 Å². The summed E-state index contributed by atoms with van der Waals surface area (Å²) in [5.74, 6) is -0.712. The van der Waals surface area contributed by atoms with E-state index in [0.717, 1.165) is 6.42 Å². The topological polar surface area (TPSA) is 87.9 Å². The van der Waals surface area contributed by atoms with E-state index in [4.69, 9.17) is 31.5 Å². The third-order valence-electron chi connectivity index (χ3n) is 2.68. The molecule has 22 heavy (non-hydrogen) atoms. The summed E-state index contributed by atoms with van der Waals surface area (Å²) < 4.78 is 15.9. The fourth-order valence-electron chi connectivity index (χ4n) is 1.58. The summed E-state index contributed by atoms with van der Waals surface area (Å²) in [6.45, 7) is 6.02. The normalized spacial score (nSPS) is 11.6. The predicted molar refractivity (Wildman–Crippen MR) is 82.5 cm³/mol. The molecule has 1 aromatic carbocycles. The number of ether oxygens (including phenoxy) is 3. The van der Waals surface area contributed by atoms with Gasteiger partial charge in [-0.15, -0.1) is 0 Å². The van der Waals surface area contributed by atoms with Gasteiger partial charge in [-0.05, 0) is 32.4 Å². The Balaban J connectivity index is 3.06. The number of primary amides is 1. The molecule has 0 aliphatic heterocycles. The highest BCUT2D eigenvalue weighted by molar-refractivity contribution is 6.32. The molecule has 0 spiro atoms. The maximum absolute atomic E-state index is 12.0. The SMILES string of the molecule is CCCOc1c(Cl)cc(C(=O)OC(C)C(N)=O)cc1OCC. The third kappa shape index (κ3) is 4.80. The number of nitrogens with two attached hydrogens (primary N) is 1. The van der Waals surface area contributed by atoms with Crippen LogP contribution in [0.1, 0.15) is 37.6 Å². The molecule has 0 aromatic heterocycles. The molecule has 6 nitrogen and oxygen atoms in total. The van der Waals surface area contributed by atoms with Gasteiger partial charge in [0.1, 0.15) is 0 Å². The molecule has 0 radical (unpaired) electrons. The Kier molecular flexibility index (Phi) is 6.98. The molecule has 1 atom stereocenters. The van der Waals surface area contributed by atoms with Gasteiger partial charge in [-0.1, -0.05) is 18.5 Å². The van der Waals surface area contributed by atoms with E-state index in [1.807, 2.05) is 6.92 Å². The van der Waals surface area contributed by atoms with E-state index in [2.05, 4.69) is 0 Å². The average Bonchev–Trinajstić information content (AvgIpc) is 2.46. The van der Waals surface area contributed by atoms with Crippen LogP contribution >= 0.6 is 11.6 Å². The first-order chi connectivity index (χ1) is 10.4. The smallest absolute Gasteiger partial charge is 0.339 e. The number of halogens is 1. The van der Waals surface area contributed by atoms with Crippen LogP contribution in [-0.4, -0.2) is 31.2 Å². The highest BCUT2D eigenvalue weighted by atomic mass is 35.5. The summed E-state index contributed by atoms with van der Waals surface area (Å²) in [7, 11) is 0. The van der Waals surface area contributed by atoms with Gasteiger partial charge in [0.05, 0.1) is 23.8 Å². The maximum atomic E-state index is 12.0. The summed E-state index contributed by atoms with van der Waals surface area (Å²) in [6.07, 6.45) is -0.222. The summed E-state index contributed by atoms with van der Waals surface area (Å²) in [5.41, 5.74) is 5.22. The van der Waals surface area contributed by atoms with Gasteiger partial charge in [-0.3, -0.25) is 4.79 Å². The number of rotatable bonds is 8. The average molecular weight is 330 g/mol. The minimum absolute atomic E-state index is 0.158. The number of hydrogen-bond acceptors (Lipinski definition) is 5. The minimum Gasteiger partial charge on any atom is -0.490 e. The lowest BCUT2D eigenvalue weighted by molar-refractivity contribution is -0.125. The second-order valence-electron chi connectivity index (χ2n) is 4.52. The number of esters is 1. The van der Waals surface area contributed by atoms with Crippen molar-refractivity contribution in [3.63, 3.8) is 0 Å². The van der Waals surface area contributed by atoms with Crippen molar-refractivity contribution in [1.82, 2.24) is 0 Å². The number of hydrogen-bond donors (Lipinski definition) is 1. The summed E-state index contributed by atoms with van der Waals surface area (Å²) >= 11 is 6.14. The van der Waals surface area contributed by atoms with Crippen molar-refractivity contribution in [3.05, 3.63) is 22.7 Å². The molecular weight excluding hydrogens is 310 g/mol. The number of amides is 1. The highest BCUT2D eigenvalue weighted by Crippen LogP contribution is 2.37. The zero-order valence-corrected chi connectivity index (χ0v) is 13.6. The molecule has 122 valence electrons. The van der Waals surface area contributed by atoms with E-state index < -0.39 is 18.0 Å². The molecule has 0 heterocycles. The molecule has 0 aliphatic rings. The van der Waals surface area contributed by atoms with Crippen LogP contribution in [0.2, 0.25) is 5.02 Å². The van der Waals surface area contributed by atoms with Gasteiger partial charge in [-0.2, -0.15) is 0 Å².